The van der Waals surface area contributed by atoms with E-state index in [1.54, 1.807) is 6.08 Å². The number of anilines is 2. The molecule has 6 nitrogen and oxygen atoms in total. The summed E-state index contributed by atoms with van der Waals surface area (Å²) in [4.78, 5) is 25.6. The summed E-state index contributed by atoms with van der Waals surface area (Å²) in [5.74, 6) is 0.182. The zero-order chi connectivity index (χ0) is 13.7. The molecule has 0 aliphatic rings. The fourth-order valence-corrected chi connectivity index (χ4v) is 1.73. The fraction of sp³-hybridized carbons (Fsp3) is 0.500. The van der Waals surface area contributed by atoms with Gasteiger partial charge in [0.25, 0.3) is 5.56 Å². The Morgan fingerprint density at radius 3 is 2.78 bits per heavy atom. The molecule has 0 spiro atoms. The minimum Gasteiger partial charge on any atom is -0.383 e. The lowest BCUT2D eigenvalue weighted by Crippen LogP contribution is -2.35. The standard InChI is InChI=1S/C12H20N4O2/c1-4-6-8(3)14-9-10(13)16(7-5-2)12(18)15-11(9)17/h4,8,14H,1,5-7,13H2,2-3H3,(H,15,17,18). The molecule has 0 fully saturated rings. The van der Waals surface area contributed by atoms with Crippen LogP contribution >= 0.6 is 0 Å². The Morgan fingerprint density at radius 2 is 2.22 bits per heavy atom. The van der Waals surface area contributed by atoms with Gasteiger partial charge < -0.3 is 11.1 Å². The van der Waals surface area contributed by atoms with Crippen LogP contribution in [-0.4, -0.2) is 15.6 Å². The van der Waals surface area contributed by atoms with Gasteiger partial charge in [-0.2, -0.15) is 0 Å². The molecule has 100 valence electrons. The first kappa shape index (κ1) is 14.1. The van der Waals surface area contributed by atoms with Gasteiger partial charge in [0.2, 0.25) is 0 Å². The molecule has 1 aromatic rings. The van der Waals surface area contributed by atoms with Crippen molar-refractivity contribution in [3.05, 3.63) is 33.5 Å². The van der Waals surface area contributed by atoms with Crippen LogP contribution in [0, 0.1) is 0 Å². The van der Waals surface area contributed by atoms with E-state index in [2.05, 4.69) is 16.9 Å². The maximum atomic E-state index is 11.7. The Balaban J connectivity index is 3.19. The van der Waals surface area contributed by atoms with Crippen molar-refractivity contribution in [3.8, 4) is 0 Å². The quantitative estimate of drug-likeness (QED) is 0.656. The topological polar surface area (TPSA) is 92.9 Å². The van der Waals surface area contributed by atoms with E-state index in [9.17, 15) is 9.59 Å². The van der Waals surface area contributed by atoms with E-state index >= 15 is 0 Å². The van der Waals surface area contributed by atoms with Gasteiger partial charge in [-0.25, -0.2) is 4.79 Å². The second-order valence-corrected chi connectivity index (χ2v) is 4.24. The van der Waals surface area contributed by atoms with E-state index in [0.717, 1.165) is 6.42 Å². The highest BCUT2D eigenvalue weighted by Crippen LogP contribution is 2.12. The van der Waals surface area contributed by atoms with Crippen LogP contribution in [0.15, 0.2) is 22.2 Å². The third kappa shape index (κ3) is 3.03. The molecule has 0 amide bonds. The second-order valence-electron chi connectivity index (χ2n) is 4.24. The molecule has 18 heavy (non-hydrogen) atoms. The molecule has 0 saturated heterocycles. The van der Waals surface area contributed by atoms with E-state index in [4.69, 9.17) is 5.73 Å². The molecule has 6 heteroatoms. The number of aromatic nitrogens is 2. The maximum absolute atomic E-state index is 11.7. The average molecular weight is 252 g/mol. The fourth-order valence-electron chi connectivity index (χ4n) is 1.73. The van der Waals surface area contributed by atoms with Gasteiger partial charge in [-0.15, -0.1) is 6.58 Å². The summed E-state index contributed by atoms with van der Waals surface area (Å²) in [6.07, 6.45) is 3.22. The third-order valence-electron chi connectivity index (χ3n) is 2.60. The highest BCUT2D eigenvalue weighted by atomic mass is 16.2. The summed E-state index contributed by atoms with van der Waals surface area (Å²) in [5, 5.41) is 3.01. The molecule has 0 saturated carbocycles. The van der Waals surface area contributed by atoms with Crippen LogP contribution in [0.25, 0.3) is 0 Å². The number of nitrogens with zero attached hydrogens (tertiary/aromatic N) is 1. The summed E-state index contributed by atoms with van der Waals surface area (Å²) in [7, 11) is 0. The molecule has 0 aliphatic carbocycles. The van der Waals surface area contributed by atoms with Gasteiger partial charge in [0.15, 0.2) is 0 Å². The van der Waals surface area contributed by atoms with Crippen molar-refractivity contribution >= 4 is 11.5 Å². The van der Waals surface area contributed by atoms with Crippen molar-refractivity contribution in [2.75, 3.05) is 11.1 Å². The molecule has 0 aliphatic heterocycles. The number of hydrogen-bond acceptors (Lipinski definition) is 4. The Hall–Kier alpha value is -1.98. The number of hydrogen-bond donors (Lipinski definition) is 3. The molecule has 1 aromatic heterocycles. The number of nitrogens with two attached hydrogens (primary N) is 1. The maximum Gasteiger partial charge on any atom is 0.330 e. The minimum atomic E-state index is -0.485. The third-order valence-corrected chi connectivity index (χ3v) is 2.60. The van der Waals surface area contributed by atoms with Crippen molar-refractivity contribution in [2.45, 2.75) is 39.3 Å². The lowest BCUT2D eigenvalue weighted by molar-refractivity contribution is 0.641. The van der Waals surface area contributed by atoms with Crippen LogP contribution < -0.4 is 22.3 Å². The van der Waals surface area contributed by atoms with Crippen LogP contribution in [0.2, 0.25) is 0 Å². The molecule has 0 bridgehead atoms. The van der Waals surface area contributed by atoms with Gasteiger partial charge in [-0.05, 0) is 19.8 Å². The summed E-state index contributed by atoms with van der Waals surface area (Å²) >= 11 is 0. The normalized spacial score (nSPS) is 12.1. The average Bonchev–Trinajstić information content (AvgIpc) is 2.30. The molecule has 1 atom stereocenters. The zero-order valence-electron chi connectivity index (χ0n) is 10.8. The van der Waals surface area contributed by atoms with E-state index in [1.807, 2.05) is 13.8 Å². The molecule has 1 unspecified atom stereocenters. The highest BCUT2D eigenvalue weighted by Gasteiger charge is 2.13. The lowest BCUT2D eigenvalue weighted by Gasteiger charge is -2.16. The van der Waals surface area contributed by atoms with Crippen molar-refractivity contribution in [1.29, 1.82) is 0 Å². The first-order chi connectivity index (χ1) is 8.51. The number of nitrogen functional groups attached to an aromatic ring is 1. The zero-order valence-corrected chi connectivity index (χ0v) is 10.8. The number of H-pyrrole nitrogens is 1. The summed E-state index contributed by atoms with van der Waals surface area (Å²) < 4.78 is 1.37. The number of nitrogens with one attached hydrogen (secondary N) is 2. The van der Waals surface area contributed by atoms with Gasteiger partial charge in [0.05, 0.1) is 0 Å². The predicted molar refractivity (Wildman–Crippen MR) is 73.9 cm³/mol. The number of rotatable bonds is 6. The van der Waals surface area contributed by atoms with E-state index in [1.165, 1.54) is 4.57 Å². The molecule has 1 rings (SSSR count). The Bertz CT molecular complexity index is 530. The van der Waals surface area contributed by atoms with Crippen LogP contribution in [0.5, 0.6) is 0 Å². The molecular formula is C12H20N4O2. The van der Waals surface area contributed by atoms with Gasteiger partial charge in [0, 0.05) is 12.6 Å². The van der Waals surface area contributed by atoms with Gasteiger partial charge in [-0.1, -0.05) is 13.0 Å². The second kappa shape index (κ2) is 6.09. The van der Waals surface area contributed by atoms with Crippen molar-refractivity contribution in [1.82, 2.24) is 9.55 Å². The van der Waals surface area contributed by atoms with Gasteiger partial charge in [0.1, 0.15) is 11.5 Å². The molecule has 0 aromatic carbocycles. The predicted octanol–water partition coefficient (Wildman–Crippen LogP) is 0.905. The summed E-state index contributed by atoms with van der Waals surface area (Å²) in [6, 6.07) is 0.0264. The summed E-state index contributed by atoms with van der Waals surface area (Å²) in [6.45, 7) is 7.96. The van der Waals surface area contributed by atoms with E-state index in [0.29, 0.717) is 13.0 Å². The van der Waals surface area contributed by atoms with Crippen molar-refractivity contribution < 1.29 is 0 Å². The van der Waals surface area contributed by atoms with Crippen molar-refractivity contribution in [2.24, 2.45) is 0 Å². The SMILES string of the molecule is C=CCC(C)Nc1c(N)n(CCC)c(=O)[nH]c1=O. The molecule has 4 N–H and O–H groups in total. The number of aromatic amines is 1. The Labute approximate surface area is 106 Å². The van der Waals surface area contributed by atoms with E-state index in [-0.39, 0.29) is 17.5 Å². The van der Waals surface area contributed by atoms with Gasteiger partial charge in [-0.3, -0.25) is 14.3 Å². The molecule has 0 radical (unpaired) electrons. The van der Waals surface area contributed by atoms with E-state index < -0.39 is 11.2 Å². The lowest BCUT2D eigenvalue weighted by atomic mass is 10.2. The monoisotopic (exact) mass is 252 g/mol. The van der Waals surface area contributed by atoms with Crippen LogP contribution in [-0.2, 0) is 6.54 Å². The van der Waals surface area contributed by atoms with Crippen LogP contribution in [0.4, 0.5) is 11.5 Å². The highest BCUT2D eigenvalue weighted by molar-refractivity contribution is 5.60. The van der Waals surface area contributed by atoms with Crippen LogP contribution in [0.1, 0.15) is 26.7 Å². The van der Waals surface area contributed by atoms with Crippen LogP contribution in [0.3, 0.4) is 0 Å². The summed E-state index contributed by atoms with van der Waals surface area (Å²) in [5.41, 5.74) is 5.16. The van der Waals surface area contributed by atoms with Crippen molar-refractivity contribution in [3.63, 3.8) is 0 Å². The first-order valence-electron chi connectivity index (χ1n) is 6.01. The first-order valence-corrected chi connectivity index (χ1v) is 6.01. The molecular weight excluding hydrogens is 232 g/mol. The smallest absolute Gasteiger partial charge is 0.330 e. The molecule has 1 heterocycles. The minimum absolute atomic E-state index is 0.0264. The Kier molecular flexibility index (Phi) is 4.76. The van der Waals surface area contributed by atoms with Gasteiger partial charge >= 0.3 is 5.69 Å². The Morgan fingerprint density at radius 1 is 1.56 bits per heavy atom. The largest absolute Gasteiger partial charge is 0.383 e.